The molecule has 4 nitrogen and oxygen atoms in total. The molecule has 112 valence electrons. The summed E-state index contributed by atoms with van der Waals surface area (Å²) in [5.74, 6) is 0. The van der Waals surface area contributed by atoms with Crippen molar-refractivity contribution in [2.75, 3.05) is 20.3 Å². The Morgan fingerprint density at radius 2 is 1.90 bits per heavy atom. The van der Waals surface area contributed by atoms with Crippen molar-refractivity contribution in [2.45, 2.75) is 20.4 Å². The predicted octanol–water partition coefficient (Wildman–Crippen LogP) is 2.19. The lowest BCUT2D eigenvalue weighted by Gasteiger charge is -2.13. The van der Waals surface area contributed by atoms with Crippen LogP contribution in [0.15, 0.2) is 41.3 Å². The molecule has 0 bridgehead atoms. The maximum atomic E-state index is 12.1. The predicted molar refractivity (Wildman–Crippen MR) is 85.1 cm³/mol. The van der Waals surface area contributed by atoms with E-state index in [1.54, 1.807) is 13.2 Å². The number of rotatable bonds is 6. The van der Waals surface area contributed by atoms with Crippen LogP contribution in [0.4, 0.5) is 0 Å². The Labute approximate surface area is 125 Å². The van der Waals surface area contributed by atoms with Gasteiger partial charge >= 0.3 is 0 Å². The zero-order valence-electron chi connectivity index (χ0n) is 12.8. The summed E-state index contributed by atoms with van der Waals surface area (Å²) in [5, 5.41) is 3.21. The molecule has 0 atom stereocenters. The zero-order valence-corrected chi connectivity index (χ0v) is 12.8. The molecular weight excluding hydrogens is 264 g/mol. The van der Waals surface area contributed by atoms with Crippen LogP contribution in [0.3, 0.4) is 0 Å². The first-order chi connectivity index (χ1) is 10.1. The molecule has 0 aliphatic rings. The van der Waals surface area contributed by atoms with E-state index in [2.05, 4.69) is 36.5 Å². The number of hydrogen-bond donors (Lipinski definition) is 1. The summed E-state index contributed by atoms with van der Waals surface area (Å²) in [7, 11) is 1.66. The lowest BCUT2D eigenvalue weighted by atomic mass is 10.2. The first-order valence-corrected chi connectivity index (χ1v) is 7.10. The zero-order chi connectivity index (χ0) is 15.2. The second-order valence-corrected chi connectivity index (χ2v) is 5.18. The monoisotopic (exact) mass is 286 g/mol. The Bertz CT molecular complexity index is 645. The lowest BCUT2D eigenvalue weighted by Crippen LogP contribution is -2.24. The average Bonchev–Trinajstić information content (AvgIpc) is 2.47. The maximum absolute atomic E-state index is 12.1. The van der Waals surface area contributed by atoms with Gasteiger partial charge in [-0.1, -0.05) is 17.7 Å². The standard InChI is InChI=1S/C17H22N2O2/c1-13-4-6-16(7-5-13)19-12-15(11-18-8-9-21-3)17(20)10-14(19)2/h4-7,10,12,18H,8-9,11H2,1-3H3. The highest BCUT2D eigenvalue weighted by Crippen LogP contribution is 2.12. The molecule has 0 fully saturated rings. The molecule has 0 saturated carbocycles. The minimum Gasteiger partial charge on any atom is -0.383 e. The molecule has 0 saturated heterocycles. The number of pyridine rings is 1. The Morgan fingerprint density at radius 1 is 1.19 bits per heavy atom. The van der Waals surface area contributed by atoms with Crippen LogP contribution in [-0.4, -0.2) is 24.8 Å². The number of benzene rings is 1. The Kier molecular flexibility index (Phi) is 5.31. The molecule has 0 aliphatic heterocycles. The van der Waals surface area contributed by atoms with Crippen molar-refractivity contribution in [3.63, 3.8) is 0 Å². The molecule has 2 aromatic rings. The molecule has 0 unspecified atom stereocenters. The van der Waals surface area contributed by atoms with E-state index in [1.807, 2.05) is 17.7 Å². The van der Waals surface area contributed by atoms with E-state index in [0.717, 1.165) is 23.5 Å². The summed E-state index contributed by atoms with van der Waals surface area (Å²) in [6.07, 6.45) is 1.92. The van der Waals surface area contributed by atoms with Crippen LogP contribution in [0.1, 0.15) is 16.8 Å². The number of ether oxygens (including phenoxy) is 1. The first-order valence-electron chi connectivity index (χ1n) is 7.10. The fourth-order valence-corrected chi connectivity index (χ4v) is 2.19. The Hall–Kier alpha value is -1.91. The Morgan fingerprint density at radius 3 is 2.57 bits per heavy atom. The summed E-state index contributed by atoms with van der Waals surface area (Å²) in [6, 6.07) is 9.96. The number of nitrogens with one attached hydrogen (secondary N) is 1. The number of aryl methyl sites for hydroxylation is 2. The summed E-state index contributed by atoms with van der Waals surface area (Å²) in [5.41, 5.74) is 4.05. The highest BCUT2D eigenvalue weighted by atomic mass is 16.5. The molecule has 1 heterocycles. The summed E-state index contributed by atoms with van der Waals surface area (Å²) >= 11 is 0. The van der Waals surface area contributed by atoms with Gasteiger partial charge in [-0.25, -0.2) is 0 Å². The first kappa shape index (κ1) is 15.5. The molecule has 0 amide bonds. The number of hydrogen-bond acceptors (Lipinski definition) is 3. The molecule has 1 aromatic heterocycles. The highest BCUT2D eigenvalue weighted by Gasteiger charge is 2.05. The van der Waals surface area contributed by atoms with Crippen molar-refractivity contribution in [1.29, 1.82) is 0 Å². The summed E-state index contributed by atoms with van der Waals surface area (Å²) in [4.78, 5) is 12.1. The van der Waals surface area contributed by atoms with Crippen molar-refractivity contribution in [1.82, 2.24) is 9.88 Å². The second kappa shape index (κ2) is 7.20. The molecule has 0 radical (unpaired) electrons. The number of aromatic nitrogens is 1. The van der Waals surface area contributed by atoms with Crippen molar-refractivity contribution < 1.29 is 4.74 Å². The second-order valence-electron chi connectivity index (χ2n) is 5.18. The van der Waals surface area contributed by atoms with E-state index >= 15 is 0 Å². The van der Waals surface area contributed by atoms with E-state index in [-0.39, 0.29) is 5.43 Å². The molecule has 4 heteroatoms. The van der Waals surface area contributed by atoms with Crippen LogP contribution >= 0.6 is 0 Å². The van der Waals surface area contributed by atoms with Crippen LogP contribution in [0.5, 0.6) is 0 Å². The van der Waals surface area contributed by atoms with Gasteiger partial charge in [-0.05, 0) is 26.0 Å². The third kappa shape index (κ3) is 4.03. The molecule has 0 aliphatic carbocycles. The van der Waals surface area contributed by atoms with E-state index in [4.69, 9.17) is 4.74 Å². The van der Waals surface area contributed by atoms with Gasteiger partial charge in [0.05, 0.1) is 6.61 Å². The van der Waals surface area contributed by atoms with Crippen molar-refractivity contribution >= 4 is 0 Å². The van der Waals surface area contributed by atoms with Gasteiger partial charge in [0.2, 0.25) is 0 Å². The van der Waals surface area contributed by atoms with Crippen LogP contribution in [0.25, 0.3) is 5.69 Å². The third-order valence-corrected chi connectivity index (χ3v) is 3.43. The molecular formula is C17H22N2O2. The number of methoxy groups -OCH3 is 1. The van der Waals surface area contributed by atoms with Crippen LogP contribution < -0.4 is 10.7 Å². The lowest BCUT2D eigenvalue weighted by molar-refractivity contribution is 0.199. The van der Waals surface area contributed by atoms with Crippen LogP contribution in [-0.2, 0) is 11.3 Å². The minimum atomic E-state index is 0.0702. The van der Waals surface area contributed by atoms with Gasteiger partial charge in [-0.2, -0.15) is 0 Å². The van der Waals surface area contributed by atoms with Gasteiger partial charge in [0.1, 0.15) is 0 Å². The van der Waals surface area contributed by atoms with Crippen molar-refractivity contribution in [3.8, 4) is 5.69 Å². The van der Waals surface area contributed by atoms with Gasteiger partial charge in [-0.15, -0.1) is 0 Å². The van der Waals surface area contributed by atoms with Crippen molar-refractivity contribution in [2.24, 2.45) is 0 Å². The summed E-state index contributed by atoms with van der Waals surface area (Å²) in [6.45, 7) is 5.93. The normalized spacial score (nSPS) is 10.8. The molecule has 1 N–H and O–H groups in total. The van der Waals surface area contributed by atoms with Gasteiger partial charge in [0, 0.05) is 49.4 Å². The van der Waals surface area contributed by atoms with E-state index < -0.39 is 0 Å². The van der Waals surface area contributed by atoms with E-state index in [9.17, 15) is 4.79 Å². The third-order valence-electron chi connectivity index (χ3n) is 3.43. The van der Waals surface area contributed by atoms with E-state index in [1.165, 1.54) is 5.56 Å². The molecule has 0 spiro atoms. The number of nitrogens with zero attached hydrogens (tertiary/aromatic N) is 1. The van der Waals surface area contributed by atoms with Crippen molar-refractivity contribution in [3.05, 3.63) is 63.6 Å². The SMILES string of the molecule is COCCNCc1cn(-c2ccc(C)cc2)c(C)cc1=O. The Balaban J connectivity index is 2.25. The largest absolute Gasteiger partial charge is 0.383 e. The fourth-order valence-electron chi connectivity index (χ4n) is 2.19. The van der Waals surface area contributed by atoms with E-state index in [0.29, 0.717) is 13.2 Å². The fraction of sp³-hybridized carbons (Fsp3) is 0.353. The van der Waals surface area contributed by atoms with Gasteiger partial charge in [-0.3, -0.25) is 4.79 Å². The van der Waals surface area contributed by atoms with Gasteiger partial charge in [0.15, 0.2) is 5.43 Å². The van der Waals surface area contributed by atoms with Crippen LogP contribution in [0, 0.1) is 13.8 Å². The summed E-state index contributed by atoms with van der Waals surface area (Å²) < 4.78 is 7.04. The quantitative estimate of drug-likeness (QED) is 0.828. The van der Waals surface area contributed by atoms with Gasteiger partial charge < -0.3 is 14.6 Å². The topological polar surface area (TPSA) is 43.3 Å². The smallest absolute Gasteiger partial charge is 0.186 e. The van der Waals surface area contributed by atoms with Gasteiger partial charge in [0.25, 0.3) is 0 Å². The average molecular weight is 286 g/mol. The molecule has 2 rings (SSSR count). The molecule has 1 aromatic carbocycles. The molecule has 21 heavy (non-hydrogen) atoms. The van der Waals surface area contributed by atoms with Crippen LogP contribution in [0.2, 0.25) is 0 Å². The minimum absolute atomic E-state index is 0.0702. The highest BCUT2D eigenvalue weighted by molar-refractivity contribution is 5.37. The maximum Gasteiger partial charge on any atom is 0.186 e.